The molecule has 0 aromatic heterocycles. The Bertz CT molecular complexity index is 447. The van der Waals surface area contributed by atoms with Crippen molar-refractivity contribution < 1.29 is 26.7 Å². The molecule has 0 fully saturated rings. The van der Waals surface area contributed by atoms with E-state index < -0.39 is 34.0 Å². The molecule has 0 aliphatic rings. The van der Waals surface area contributed by atoms with E-state index in [0.29, 0.717) is 6.07 Å². The first kappa shape index (κ1) is 13.9. The van der Waals surface area contributed by atoms with Gasteiger partial charge in [-0.25, -0.2) is 0 Å². The highest BCUT2D eigenvalue weighted by atomic mass is 35.5. The molecule has 0 saturated carbocycles. The van der Waals surface area contributed by atoms with E-state index in [4.69, 9.17) is 0 Å². The van der Waals surface area contributed by atoms with Crippen molar-refractivity contribution in [2.75, 3.05) is 0 Å². The summed E-state index contributed by atoms with van der Waals surface area (Å²) in [5, 5.41) is -4.21. The molecule has 17 heavy (non-hydrogen) atoms. The van der Waals surface area contributed by atoms with Gasteiger partial charge in [0.15, 0.2) is 0 Å². The van der Waals surface area contributed by atoms with Crippen molar-refractivity contribution in [1.29, 1.82) is 0 Å². The van der Waals surface area contributed by atoms with Crippen molar-refractivity contribution in [3.05, 3.63) is 34.9 Å². The van der Waals surface area contributed by atoms with Gasteiger partial charge in [-0.2, -0.15) is 22.0 Å². The molecule has 1 nitrogen and oxygen atoms in total. The minimum absolute atomic E-state index is 0.565. The predicted molar refractivity (Wildman–Crippen MR) is 51.3 cm³/mol. The number of rotatable bonds is 2. The Morgan fingerprint density at radius 3 is 2.12 bits per heavy atom. The van der Waals surface area contributed by atoms with E-state index in [1.807, 2.05) is 0 Å². The summed E-state index contributed by atoms with van der Waals surface area (Å²) < 4.78 is 62.5. The van der Waals surface area contributed by atoms with Gasteiger partial charge >= 0.3 is 11.6 Å². The number of hydrogen-bond donors (Lipinski definition) is 0. The summed E-state index contributed by atoms with van der Waals surface area (Å²) >= 11 is 4.49. The van der Waals surface area contributed by atoms with Crippen molar-refractivity contribution >= 4 is 17.4 Å². The number of hydrogen-bond acceptors (Lipinski definition) is 1. The van der Waals surface area contributed by atoms with Gasteiger partial charge in [-0.05, 0) is 30.2 Å². The van der Waals surface area contributed by atoms with E-state index in [-0.39, 0.29) is 0 Å². The first-order valence-electron chi connectivity index (χ1n) is 4.33. The molecule has 94 valence electrons. The fourth-order valence-electron chi connectivity index (χ4n) is 1.34. The fraction of sp³-hybridized carbons (Fsp3) is 0.300. The van der Waals surface area contributed by atoms with Crippen LogP contribution in [0.1, 0.15) is 21.5 Å². The molecule has 0 heterocycles. The lowest BCUT2D eigenvalue weighted by atomic mass is 9.99. The van der Waals surface area contributed by atoms with Gasteiger partial charge in [0.05, 0.1) is 5.56 Å². The molecule has 1 aromatic rings. The molecule has 0 atom stereocenters. The van der Waals surface area contributed by atoms with Crippen LogP contribution in [-0.4, -0.2) is 11.2 Å². The van der Waals surface area contributed by atoms with Gasteiger partial charge in [-0.15, -0.1) is 0 Å². The van der Waals surface area contributed by atoms with E-state index in [9.17, 15) is 26.7 Å². The minimum atomic E-state index is -4.71. The quantitative estimate of drug-likeness (QED) is 0.451. The van der Waals surface area contributed by atoms with E-state index in [1.54, 1.807) is 0 Å². The number of carbonyl (C=O) groups excluding carboxylic acids is 1. The van der Waals surface area contributed by atoms with Crippen LogP contribution in [0.15, 0.2) is 18.2 Å². The molecule has 1 rings (SSSR count). The summed E-state index contributed by atoms with van der Waals surface area (Å²) in [4.78, 5) is 11.1. The molecule has 0 bridgehead atoms. The zero-order chi connectivity index (χ0) is 13.4. The second-order valence-corrected chi connectivity index (χ2v) is 3.78. The van der Waals surface area contributed by atoms with Gasteiger partial charge in [0, 0.05) is 5.56 Å². The van der Waals surface area contributed by atoms with Crippen LogP contribution in [0.2, 0.25) is 0 Å². The van der Waals surface area contributed by atoms with Gasteiger partial charge in [-0.1, -0.05) is 12.1 Å². The van der Waals surface area contributed by atoms with E-state index in [2.05, 4.69) is 11.6 Å². The number of halogens is 6. The lowest BCUT2D eigenvalue weighted by molar-refractivity contribution is -0.138. The van der Waals surface area contributed by atoms with Gasteiger partial charge in [-0.3, -0.25) is 4.79 Å². The van der Waals surface area contributed by atoms with E-state index in [0.717, 1.165) is 19.1 Å². The maximum Gasteiger partial charge on any atom is 0.416 e. The summed E-state index contributed by atoms with van der Waals surface area (Å²) in [6.45, 7) is 0.943. The number of ketones is 1. The highest BCUT2D eigenvalue weighted by Gasteiger charge is 2.40. The van der Waals surface area contributed by atoms with Gasteiger partial charge in [0.25, 0.3) is 0 Å². The van der Waals surface area contributed by atoms with Crippen molar-refractivity contribution in [1.82, 2.24) is 0 Å². The van der Waals surface area contributed by atoms with Crippen LogP contribution in [0.3, 0.4) is 0 Å². The number of benzene rings is 1. The zero-order valence-electron chi connectivity index (χ0n) is 8.41. The Labute approximate surface area is 98.2 Å². The van der Waals surface area contributed by atoms with Crippen LogP contribution < -0.4 is 0 Å². The van der Waals surface area contributed by atoms with Crippen LogP contribution in [0.25, 0.3) is 0 Å². The fourth-order valence-corrected chi connectivity index (χ4v) is 1.44. The van der Waals surface area contributed by atoms with Crippen LogP contribution in [0.4, 0.5) is 22.0 Å². The Morgan fingerprint density at radius 1 is 1.18 bits per heavy atom. The van der Waals surface area contributed by atoms with Crippen molar-refractivity contribution in [2.24, 2.45) is 0 Å². The Hall–Kier alpha value is -1.17. The molecule has 0 N–H and O–H groups in total. The standard InChI is InChI=1S/C10H6ClF5O/c1-5-6(8(17)9(11,12)13)3-2-4-7(5)10(14,15)16/h2-4H,1H3. The first-order valence-corrected chi connectivity index (χ1v) is 4.71. The maximum absolute atomic E-state index is 12.5. The molecule has 0 spiro atoms. The smallest absolute Gasteiger partial charge is 0.286 e. The van der Waals surface area contributed by atoms with Gasteiger partial charge < -0.3 is 0 Å². The van der Waals surface area contributed by atoms with Gasteiger partial charge in [0.1, 0.15) is 0 Å². The van der Waals surface area contributed by atoms with E-state index >= 15 is 0 Å². The molecule has 1 aromatic carbocycles. The molecule has 0 unspecified atom stereocenters. The average Bonchev–Trinajstić information content (AvgIpc) is 2.13. The summed E-state index contributed by atoms with van der Waals surface area (Å²) in [5.74, 6) is -1.84. The second kappa shape index (κ2) is 4.25. The molecule has 0 aliphatic heterocycles. The number of alkyl halides is 6. The monoisotopic (exact) mass is 272 g/mol. The molecular weight excluding hydrogens is 267 g/mol. The Kier molecular flexibility index (Phi) is 3.47. The van der Waals surface area contributed by atoms with Crippen molar-refractivity contribution in [3.63, 3.8) is 0 Å². The van der Waals surface area contributed by atoms with Crippen molar-refractivity contribution in [2.45, 2.75) is 18.5 Å². The largest absolute Gasteiger partial charge is 0.416 e. The third-order valence-electron chi connectivity index (χ3n) is 2.14. The molecule has 0 saturated heterocycles. The van der Waals surface area contributed by atoms with Crippen LogP contribution in [0.5, 0.6) is 0 Å². The Morgan fingerprint density at radius 2 is 1.71 bits per heavy atom. The lowest BCUT2D eigenvalue weighted by Crippen LogP contribution is -2.23. The normalized spacial score (nSPS) is 12.6. The first-order chi connectivity index (χ1) is 7.55. The Balaban J connectivity index is 3.35. The zero-order valence-corrected chi connectivity index (χ0v) is 9.16. The molecule has 0 radical (unpaired) electrons. The summed E-state index contributed by atoms with van der Waals surface area (Å²) in [5.41, 5.74) is -2.44. The second-order valence-electron chi connectivity index (χ2n) is 3.30. The maximum atomic E-state index is 12.5. The molecule has 0 aliphatic carbocycles. The van der Waals surface area contributed by atoms with E-state index in [1.165, 1.54) is 0 Å². The average molecular weight is 273 g/mol. The summed E-state index contributed by atoms with van der Waals surface area (Å²) in [7, 11) is 0. The minimum Gasteiger partial charge on any atom is -0.286 e. The highest BCUT2D eigenvalue weighted by molar-refractivity contribution is 6.35. The summed E-state index contributed by atoms with van der Waals surface area (Å²) in [6, 6.07) is 2.47. The third-order valence-corrected chi connectivity index (χ3v) is 2.31. The number of Topliss-reactive ketones (excluding diaryl/α,β-unsaturated/α-hetero) is 1. The SMILES string of the molecule is Cc1c(C(=O)C(F)(F)Cl)cccc1C(F)(F)F. The molecule has 7 heteroatoms. The van der Waals surface area contributed by atoms with Crippen LogP contribution >= 0.6 is 11.6 Å². The van der Waals surface area contributed by atoms with Crippen LogP contribution in [0, 0.1) is 6.92 Å². The van der Waals surface area contributed by atoms with Crippen molar-refractivity contribution in [3.8, 4) is 0 Å². The van der Waals surface area contributed by atoms with Gasteiger partial charge in [0.2, 0.25) is 5.78 Å². The summed E-state index contributed by atoms with van der Waals surface area (Å²) in [6.07, 6.45) is -4.71. The molecule has 0 amide bonds. The lowest BCUT2D eigenvalue weighted by Gasteiger charge is -2.14. The predicted octanol–water partition coefficient (Wildman–Crippen LogP) is 4.03. The topological polar surface area (TPSA) is 17.1 Å². The van der Waals surface area contributed by atoms with Crippen LogP contribution in [-0.2, 0) is 6.18 Å². The third kappa shape index (κ3) is 2.94. The molecular formula is C10H6ClF5O. The number of carbonyl (C=O) groups is 1. The highest BCUT2D eigenvalue weighted by Crippen LogP contribution is 2.35.